The smallest absolute Gasteiger partial charge is 0.235 e. The van der Waals surface area contributed by atoms with Gasteiger partial charge >= 0.3 is 0 Å². The van der Waals surface area contributed by atoms with E-state index in [9.17, 15) is 4.79 Å². The minimum Gasteiger partial charge on any atom is -0.381 e. The summed E-state index contributed by atoms with van der Waals surface area (Å²) in [4.78, 5) is 25.6. The number of aromatic nitrogens is 2. The first-order valence-electron chi connectivity index (χ1n) is 14.1. The first-order chi connectivity index (χ1) is 18.7. The molecule has 200 valence electrons. The van der Waals surface area contributed by atoms with Crippen LogP contribution >= 0.6 is 11.3 Å². The minimum absolute atomic E-state index is 0.146. The lowest BCUT2D eigenvalue weighted by Crippen LogP contribution is -2.22. The van der Waals surface area contributed by atoms with Gasteiger partial charge in [0, 0.05) is 50.8 Å². The van der Waals surface area contributed by atoms with E-state index in [0.29, 0.717) is 36.5 Å². The highest BCUT2D eigenvalue weighted by Crippen LogP contribution is 2.45. The van der Waals surface area contributed by atoms with E-state index in [1.807, 2.05) is 12.3 Å². The first-order valence-corrected chi connectivity index (χ1v) is 14.9. The number of nitrogens with one attached hydrogen (secondary N) is 1. The van der Waals surface area contributed by atoms with Crippen LogP contribution < -0.4 is 4.90 Å². The third-order valence-electron chi connectivity index (χ3n) is 8.43. The molecule has 0 bridgehead atoms. The molecule has 3 aromatic rings. The molecule has 1 aromatic carbocycles. The number of anilines is 2. The first kappa shape index (κ1) is 25.6. The van der Waals surface area contributed by atoms with Crippen molar-refractivity contribution in [3.05, 3.63) is 47.1 Å². The van der Waals surface area contributed by atoms with Crippen LogP contribution in [0.1, 0.15) is 72.7 Å². The molecule has 2 fully saturated rings. The Morgan fingerprint density at radius 2 is 1.76 bits per heavy atom. The van der Waals surface area contributed by atoms with Crippen molar-refractivity contribution in [1.82, 2.24) is 9.97 Å². The zero-order valence-corrected chi connectivity index (χ0v) is 22.7. The van der Waals surface area contributed by atoms with Gasteiger partial charge in [-0.2, -0.15) is 0 Å². The molecule has 2 atom stereocenters. The van der Waals surface area contributed by atoms with Crippen molar-refractivity contribution in [2.24, 2.45) is 11.8 Å². The number of ether oxygens (including phenoxy) is 2. The fourth-order valence-electron chi connectivity index (χ4n) is 6.26. The number of hydrogen-bond donors (Lipinski definition) is 1. The molecule has 5 heterocycles. The van der Waals surface area contributed by atoms with Crippen LogP contribution in [0.5, 0.6) is 0 Å². The summed E-state index contributed by atoms with van der Waals surface area (Å²) in [6.45, 7) is 4.14. The third kappa shape index (κ3) is 5.40. The molecule has 8 heteroatoms. The van der Waals surface area contributed by atoms with E-state index in [1.54, 1.807) is 0 Å². The van der Waals surface area contributed by atoms with E-state index < -0.39 is 0 Å². The largest absolute Gasteiger partial charge is 0.381 e. The van der Waals surface area contributed by atoms with Gasteiger partial charge in [-0.15, -0.1) is 0 Å². The number of ketones is 1. The predicted octanol–water partition coefficient (Wildman–Crippen LogP) is 6.54. The number of carbonyl (C=O) groups excluding carboxylic acids is 1. The molecule has 0 saturated carbocycles. The Labute approximate surface area is 228 Å². The maximum atomic E-state index is 13.2. The standard InChI is InChI=1S/C30H36N4O3S/c31-24(18-21-11-16-37-17-12-21)28(35)30-33-27-26(9-13-32-29(27)38-30)34-19-22(23-5-1-2-6-25(23)34)8-7-20-4-3-14-36-15-10-20/h1-2,5-6,9,13,20-22,31H,3-4,7-8,10-12,14-19H2. The van der Waals surface area contributed by atoms with E-state index in [-0.39, 0.29) is 11.5 Å². The van der Waals surface area contributed by atoms with Gasteiger partial charge in [0.25, 0.3) is 0 Å². The highest BCUT2D eigenvalue weighted by Gasteiger charge is 2.32. The lowest BCUT2D eigenvalue weighted by atomic mass is 9.88. The van der Waals surface area contributed by atoms with E-state index in [0.717, 1.165) is 61.0 Å². The summed E-state index contributed by atoms with van der Waals surface area (Å²) >= 11 is 1.31. The molecule has 3 aliphatic heterocycles. The SMILES string of the molecule is N=C(CC1CCOCC1)C(=O)c1nc2c(N3CC(CCC4CCCOCC4)c4ccccc43)ccnc2s1. The molecule has 0 spiro atoms. The van der Waals surface area contributed by atoms with Crippen LogP contribution in [-0.4, -0.2) is 54.4 Å². The molecular weight excluding hydrogens is 496 g/mol. The van der Waals surface area contributed by atoms with Crippen LogP contribution in [0.2, 0.25) is 0 Å². The number of rotatable bonds is 8. The highest BCUT2D eigenvalue weighted by atomic mass is 32.1. The number of pyridine rings is 1. The summed E-state index contributed by atoms with van der Waals surface area (Å²) < 4.78 is 11.1. The fourth-order valence-corrected chi connectivity index (χ4v) is 7.16. The molecule has 1 N–H and O–H groups in total. The fraction of sp³-hybridized carbons (Fsp3) is 0.533. The minimum atomic E-state index is -0.266. The lowest BCUT2D eigenvalue weighted by Gasteiger charge is -2.21. The third-order valence-corrected chi connectivity index (χ3v) is 9.40. The van der Waals surface area contributed by atoms with Crippen molar-refractivity contribution in [2.45, 2.75) is 57.3 Å². The van der Waals surface area contributed by atoms with E-state index in [1.165, 1.54) is 48.3 Å². The molecule has 2 saturated heterocycles. The topological polar surface area (TPSA) is 88.4 Å². The van der Waals surface area contributed by atoms with Gasteiger partial charge in [0.05, 0.1) is 11.4 Å². The average Bonchev–Trinajstić information content (AvgIpc) is 3.45. The number of para-hydroxylation sites is 1. The molecule has 0 aliphatic carbocycles. The van der Waals surface area contributed by atoms with E-state index in [4.69, 9.17) is 19.9 Å². The maximum Gasteiger partial charge on any atom is 0.235 e. The van der Waals surface area contributed by atoms with Crippen LogP contribution in [0, 0.1) is 17.2 Å². The summed E-state index contributed by atoms with van der Waals surface area (Å²) in [5.41, 5.74) is 4.53. The molecule has 0 amide bonds. The molecule has 7 nitrogen and oxygen atoms in total. The average molecular weight is 533 g/mol. The highest BCUT2D eigenvalue weighted by molar-refractivity contribution is 7.20. The second-order valence-electron chi connectivity index (χ2n) is 10.9. The van der Waals surface area contributed by atoms with Crippen LogP contribution in [0.15, 0.2) is 36.5 Å². The molecule has 6 rings (SSSR count). The normalized spacial score (nSPS) is 22.4. The maximum absolute atomic E-state index is 13.2. The van der Waals surface area contributed by atoms with Crippen molar-refractivity contribution in [3.63, 3.8) is 0 Å². The van der Waals surface area contributed by atoms with Crippen LogP contribution in [0.4, 0.5) is 11.4 Å². The molecule has 0 radical (unpaired) electrons. The molecule has 2 aromatic heterocycles. The Bertz CT molecular complexity index is 1290. The van der Waals surface area contributed by atoms with Crippen molar-refractivity contribution >= 4 is 44.6 Å². The van der Waals surface area contributed by atoms with Gasteiger partial charge in [0.15, 0.2) is 5.01 Å². The molecular formula is C30H36N4O3S. The quantitative estimate of drug-likeness (QED) is 0.262. The number of hydrogen-bond acceptors (Lipinski definition) is 8. The summed E-state index contributed by atoms with van der Waals surface area (Å²) in [7, 11) is 0. The predicted molar refractivity (Wildman–Crippen MR) is 151 cm³/mol. The van der Waals surface area contributed by atoms with Gasteiger partial charge in [0.2, 0.25) is 5.78 Å². The van der Waals surface area contributed by atoms with Crippen molar-refractivity contribution in [3.8, 4) is 0 Å². The molecule has 2 unspecified atom stereocenters. The number of benzene rings is 1. The summed E-state index contributed by atoms with van der Waals surface area (Å²) in [6, 6.07) is 10.7. The number of carbonyl (C=O) groups is 1. The molecule has 38 heavy (non-hydrogen) atoms. The van der Waals surface area contributed by atoms with Gasteiger partial charge in [0.1, 0.15) is 10.3 Å². The summed E-state index contributed by atoms with van der Waals surface area (Å²) in [5, 5.41) is 8.84. The van der Waals surface area contributed by atoms with Crippen LogP contribution in [0.25, 0.3) is 10.3 Å². The number of thiazole rings is 1. The lowest BCUT2D eigenvalue weighted by molar-refractivity contribution is 0.0680. The van der Waals surface area contributed by atoms with Gasteiger partial charge < -0.3 is 19.8 Å². The number of fused-ring (bicyclic) bond motifs is 2. The summed E-state index contributed by atoms with van der Waals surface area (Å²) in [6.07, 6.45) is 10.1. The Morgan fingerprint density at radius 1 is 0.974 bits per heavy atom. The van der Waals surface area contributed by atoms with Gasteiger partial charge in [-0.25, -0.2) is 9.97 Å². The van der Waals surface area contributed by atoms with Gasteiger partial charge in [-0.3, -0.25) is 4.79 Å². The Morgan fingerprint density at radius 3 is 2.63 bits per heavy atom. The zero-order valence-electron chi connectivity index (χ0n) is 21.9. The van der Waals surface area contributed by atoms with Crippen molar-refractivity contribution in [2.75, 3.05) is 37.9 Å². The second-order valence-corrected chi connectivity index (χ2v) is 11.9. The van der Waals surface area contributed by atoms with Gasteiger partial charge in [-0.1, -0.05) is 29.5 Å². The monoisotopic (exact) mass is 532 g/mol. The van der Waals surface area contributed by atoms with E-state index >= 15 is 0 Å². The van der Waals surface area contributed by atoms with Crippen molar-refractivity contribution < 1.29 is 14.3 Å². The second kappa shape index (κ2) is 11.6. The van der Waals surface area contributed by atoms with Crippen molar-refractivity contribution in [1.29, 1.82) is 5.41 Å². The number of nitrogens with zero attached hydrogens (tertiary/aromatic N) is 3. The Hall–Kier alpha value is -2.68. The Kier molecular flexibility index (Phi) is 7.81. The number of Topliss-reactive ketones (excluding diaryl/α,β-unsaturated/α-hetero) is 1. The van der Waals surface area contributed by atoms with Crippen LogP contribution in [0.3, 0.4) is 0 Å². The molecule has 3 aliphatic rings. The van der Waals surface area contributed by atoms with E-state index in [2.05, 4.69) is 34.1 Å². The van der Waals surface area contributed by atoms with Crippen LogP contribution in [-0.2, 0) is 9.47 Å². The zero-order chi connectivity index (χ0) is 25.9. The summed E-state index contributed by atoms with van der Waals surface area (Å²) in [5.74, 6) is 1.28. The van der Waals surface area contributed by atoms with Gasteiger partial charge in [-0.05, 0) is 80.9 Å². The Balaban J connectivity index is 1.22.